The predicted molar refractivity (Wildman–Crippen MR) is 67.1 cm³/mol. The second-order valence-corrected chi connectivity index (χ2v) is 4.37. The number of nitrogens with two attached hydrogens (primary N) is 1. The monoisotopic (exact) mass is 281 g/mol. The Balaban J connectivity index is 1.98. The third-order valence-electron chi connectivity index (χ3n) is 2.78. The van der Waals surface area contributed by atoms with Gasteiger partial charge in [-0.15, -0.1) is 0 Å². The first-order valence-electron chi connectivity index (χ1n) is 5.51. The van der Waals surface area contributed by atoms with Crippen LogP contribution in [0.15, 0.2) is 23.0 Å². The summed E-state index contributed by atoms with van der Waals surface area (Å²) in [5.74, 6) is 0.264. The number of aryl methyl sites for hydroxylation is 2. The van der Waals surface area contributed by atoms with Crippen LogP contribution in [0.3, 0.4) is 0 Å². The molecule has 0 aliphatic rings. The maximum Gasteiger partial charge on any atom is 0.228 e. The smallest absolute Gasteiger partial charge is 0.228 e. The molecule has 2 aromatic heterocycles. The highest BCUT2D eigenvalue weighted by Crippen LogP contribution is 2.24. The van der Waals surface area contributed by atoms with Gasteiger partial charge in [-0.25, -0.2) is 9.37 Å². The molecule has 0 atom stereocenters. The fourth-order valence-electron chi connectivity index (χ4n) is 1.89. The first kappa shape index (κ1) is 11.9. The zero-order valence-corrected chi connectivity index (χ0v) is 10.4. The van der Waals surface area contributed by atoms with Crippen LogP contribution in [0.25, 0.3) is 11.0 Å². The average Bonchev–Trinajstić information content (AvgIpc) is 2.96. The number of nitrogen functional groups attached to an aromatic ring is 1. The van der Waals surface area contributed by atoms with Crippen molar-refractivity contribution in [2.45, 2.75) is 13.0 Å². The van der Waals surface area contributed by atoms with E-state index in [2.05, 4.69) is 15.1 Å². The van der Waals surface area contributed by atoms with Crippen molar-refractivity contribution in [3.63, 3.8) is 0 Å². The SMILES string of the molecule is Nc1nc2cc(Cl)c(F)cc2n1CCc1ncno1. The third-order valence-corrected chi connectivity index (χ3v) is 3.07. The van der Waals surface area contributed by atoms with Crippen molar-refractivity contribution in [2.75, 3.05) is 5.73 Å². The number of halogens is 2. The second-order valence-electron chi connectivity index (χ2n) is 3.96. The van der Waals surface area contributed by atoms with E-state index in [9.17, 15) is 4.39 Å². The van der Waals surface area contributed by atoms with Gasteiger partial charge in [0.25, 0.3) is 0 Å². The molecule has 0 amide bonds. The van der Waals surface area contributed by atoms with Crippen LogP contribution in [-0.2, 0) is 13.0 Å². The topological polar surface area (TPSA) is 82.8 Å². The molecule has 0 spiro atoms. The van der Waals surface area contributed by atoms with Gasteiger partial charge in [-0.3, -0.25) is 0 Å². The Kier molecular flexibility index (Phi) is 2.83. The summed E-state index contributed by atoms with van der Waals surface area (Å²) in [6.45, 7) is 0.464. The van der Waals surface area contributed by atoms with Crippen LogP contribution >= 0.6 is 11.6 Å². The fourth-order valence-corrected chi connectivity index (χ4v) is 2.05. The summed E-state index contributed by atoms with van der Waals surface area (Å²) in [7, 11) is 0. The molecule has 0 saturated carbocycles. The zero-order chi connectivity index (χ0) is 13.4. The molecule has 3 rings (SSSR count). The first-order valence-corrected chi connectivity index (χ1v) is 5.89. The summed E-state index contributed by atoms with van der Waals surface area (Å²) in [6, 6.07) is 2.76. The lowest BCUT2D eigenvalue weighted by atomic mass is 10.3. The van der Waals surface area contributed by atoms with E-state index in [1.807, 2.05) is 0 Å². The van der Waals surface area contributed by atoms with Gasteiger partial charge >= 0.3 is 0 Å². The van der Waals surface area contributed by atoms with Gasteiger partial charge in [0, 0.05) is 19.0 Å². The van der Waals surface area contributed by atoms with Crippen molar-refractivity contribution in [2.24, 2.45) is 0 Å². The summed E-state index contributed by atoms with van der Waals surface area (Å²) in [6.07, 6.45) is 1.81. The van der Waals surface area contributed by atoms with Crippen molar-refractivity contribution < 1.29 is 8.91 Å². The lowest BCUT2D eigenvalue weighted by Gasteiger charge is -2.04. The fraction of sp³-hybridized carbons (Fsp3) is 0.182. The number of hydrogen-bond donors (Lipinski definition) is 1. The van der Waals surface area contributed by atoms with Gasteiger partial charge in [0.1, 0.15) is 5.82 Å². The first-order chi connectivity index (χ1) is 9.15. The lowest BCUT2D eigenvalue weighted by Crippen LogP contribution is -2.06. The van der Waals surface area contributed by atoms with Crippen molar-refractivity contribution in [3.8, 4) is 0 Å². The summed E-state index contributed by atoms with van der Waals surface area (Å²) in [5, 5.41) is 3.54. The Morgan fingerprint density at radius 2 is 2.26 bits per heavy atom. The van der Waals surface area contributed by atoms with E-state index in [4.69, 9.17) is 21.9 Å². The molecule has 0 bridgehead atoms. The molecule has 19 heavy (non-hydrogen) atoms. The van der Waals surface area contributed by atoms with Crippen molar-refractivity contribution >= 4 is 28.6 Å². The maximum atomic E-state index is 13.5. The predicted octanol–water partition coefficient (Wildman–Crippen LogP) is 2.04. The van der Waals surface area contributed by atoms with Gasteiger partial charge in [0.2, 0.25) is 11.8 Å². The molecule has 0 aliphatic carbocycles. The zero-order valence-electron chi connectivity index (χ0n) is 9.68. The number of imidazole rings is 1. The Bertz CT molecular complexity index is 724. The highest BCUT2D eigenvalue weighted by Gasteiger charge is 2.12. The molecule has 98 valence electrons. The average molecular weight is 282 g/mol. The molecule has 1 aromatic carbocycles. The minimum Gasteiger partial charge on any atom is -0.369 e. The molecule has 2 heterocycles. The van der Waals surface area contributed by atoms with E-state index in [-0.39, 0.29) is 11.0 Å². The number of anilines is 1. The number of benzene rings is 1. The summed E-state index contributed by atoms with van der Waals surface area (Å²) >= 11 is 5.71. The second kappa shape index (κ2) is 4.51. The van der Waals surface area contributed by atoms with E-state index in [1.165, 1.54) is 18.5 Å². The molecule has 0 radical (unpaired) electrons. The molecule has 6 nitrogen and oxygen atoms in total. The number of fused-ring (bicyclic) bond motifs is 1. The van der Waals surface area contributed by atoms with Gasteiger partial charge < -0.3 is 14.8 Å². The number of rotatable bonds is 3. The summed E-state index contributed by atoms with van der Waals surface area (Å²) in [4.78, 5) is 8.05. The van der Waals surface area contributed by atoms with Crippen LogP contribution in [0, 0.1) is 5.82 Å². The van der Waals surface area contributed by atoms with Crippen LogP contribution in [0.2, 0.25) is 5.02 Å². The molecule has 3 aromatic rings. The Labute approximate surface area is 112 Å². The van der Waals surface area contributed by atoms with E-state index in [0.717, 1.165) is 0 Å². The van der Waals surface area contributed by atoms with Crippen molar-refractivity contribution in [3.05, 3.63) is 35.2 Å². The van der Waals surface area contributed by atoms with Gasteiger partial charge in [0.05, 0.1) is 16.1 Å². The van der Waals surface area contributed by atoms with Gasteiger partial charge in [-0.2, -0.15) is 4.98 Å². The quantitative estimate of drug-likeness (QED) is 0.794. The molecular formula is C11H9ClFN5O. The van der Waals surface area contributed by atoms with Crippen LogP contribution in [0.1, 0.15) is 5.89 Å². The summed E-state index contributed by atoms with van der Waals surface area (Å²) in [5.41, 5.74) is 6.95. The Hall–Kier alpha value is -2.15. The molecule has 8 heteroatoms. The van der Waals surface area contributed by atoms with E-state index in [0.29, 0.717) is 29.9 Å². The largest absolute Gasteiger partial charge is 0.369 e. The van der Waals surface area contributed by atoms with Crippen LogP contribution in [0.5, 0.6) is 0 Å². The Morgan fingerprint density at radius 3 is 3.00 bits per heavy atom. The van der Waals surface area contributed by atoms with Gasteiger partial charge in [-0.1, -0.05) is 16.8 Å². The number of nitrogens with zero attached hydrogens (tertiary/aromatic N) is 4. The van der Waals surface area contributed by atoms with E-state index >= 15 is 0 Å². The number of hydrogen-bond acceptors (Lipinski definition) is 5. The normalized spacial score (nSPS) is 11.3. The van der Waals surface area contributed by atoms with Crippen molar-refractivity contribution in [1.29, 1.82) is 0 Å². The third kappa shape index (κ3) is 2.12. The summed E-state index contributed by atoms with van der Waals surface area (Å²) < 4.78 is 20.1. The number of aromatic nitrogens is 4. The van der Waals surface area contributed by atoms with Crippen LogP contribution in [-0.4, -0.2) is 19.7 Å². The molecule has 0 fully saturated rings. The maximum absolute atomic E-state index is 13.5. The van der Waals surface area contributed by atoms with Crippen LogP contribution < -0.4 is 5.73 Å². The highest BCUT2D eigenvalue weighted by molar-refractivity contribution is 6.31. The molecule has 0 saturated heterocycles. The molecule has 0 aliphatic heterocycles. The molecular weight excluding hydrogens is 273 g/mol. The minimum atomic E-state index is -0.506. The van der Waals surface area contributed by atoms with Gasteiger partial charge in [0.15, 0.2) is 6.33 Å². The minimum absolute atomic E-state index is 0.0223. The highest BCUT2D eigenvalue weighted by atomic mass is 35.5. The van der Waals surface area contributed by atoms with Gasteiger partial charge in [-0.05, 0) is 6.07 Å². The van der Waals surface area contributed by atoms with Crippen LogP contribution in [0.4, 0.5) is 10.3 Å². The Morgan fingerprint density at radius 1 is 1.42 bits per heavy atom. The molecule has 0 unspecified atom stereocenters. The lowest BCUT2D eigenvalue weighted by molar-refractivity contribution is 0.372. The van der Waals surface area contributed by atoms with Crippen molar-refractivity contribution in [1.82, 2.24) is 19.7 Å². The van der Waals surface area contributed by atoms with E-state index < -0.39 is 5.82 Å². The molecule has 2 N–H and O–H groups in total. The standard InChI is InChI=1S/C11H9ClFN5O/c12-6-3-8-9(4-7(6)13)18(11(14)17-8)2-1-10-15-5-16-19-10/h3-5H,1-2H2,(H2,14,17). The van der Waals surface area contributed by atoms with E-state index in [1.54, 1.807) is 4.57 Å².